The highest BCUT2D eigenvalue weighted by molar-refractivity contribution is 5.82. The molecule has 0 spiro atoms. The third-order valence-electron chi connectivity index (χ3n) is 2.14. The Bertz CT molecular complexity index is 431. The molecule has 7 heteroatoms. The summed E-state index contributed by atoms with van der Waals surface area (Å²) < 4.78 is 36.3. The third-order valence-corrected chi connectivity index (χ3v) is 2.14. The van der Waals surface area contributed by atoms with Crippen molar-refractivity contribution in [2.75, 3.05) is 0 Å². The molecule has 1 aromatic carbocycles. The molecule has 0 aliphatic heterocycles. The molecule has 0 aliphatic carbocycles. The second-order valence-electron chi connectivity index (χ2n) is 3.51. The molecule has 0 saturated heterocycles. The van der Waals surface area contributed by atoms with Gasteiger partial charge in [0.25, 0.3) is 0 Å². The molecule has 1 atom stereocenters. The van der Waals surface area contributed by atoms with Crippen LogP contribution in [0.15, 0.2) is 30.3 Å². The summed E-state index contributed by atoms with van der Waals surface area (Å²) >= 11 is 0. The van der Waals surface area contributed by atoms with Crippen LogP contribution in [0.2, 0.25) is 0 Å². The lowest BCUT2D eigenvalue weighted by molar-refractivity contribution is -0.306. The molecule has 0 heterocycles. The Balaban J connectivity index is 2.87. The minimum atomic E-state index is -5.06. The Morgan fingerprint density at radius 1 is 1.22 bits per heavy atom. The molecule has 98 valence electrons. The standard InChI is InChI=1S/C11H10F3NO3/c12-11(13,14)10(18)15-8(6-9(16)17)7-4-2-1-3-5-7/h1-5,8H,6H2,(H,15,18)(H,16,17)/p-1/t8-/m1/s1. The summed E-state index contributed by atoms with van der Waals surface area (Å²) in [5, 5.41) is 12.1. The van der Waals surface area contributed by atoms with Crippen molar-refractivity contribution in [2.24, 2.45) is 0 Å². The van der Waals surface area contributed by atoms with Gasteiger partial charge in [-0.15, -0.1) is 0 Å². The fourth-order valence-corrected chi connectivity index (χ4v) is 1.34. The first-order valence-electron chi connectivity index (χ1n) is 4.93. The zero-order valence-corrected chi connectivity index (χ0v) is 9.03. The Morgan fingerprint density at radius 3 is 2.22 bits per heavy atom. The first kappa shape index (κ1) is 14.0. The highest BCUT2D eigenvalue weighted by Gasteiger charge is 2.39. The van der Waals surface area contributed by atoms with Crippen LogP contribution in [-0.2, 0) is 9.59 Å². The second-order valence-corrected chi connectivity index (χ2v) is 3.51. The highest BCUT2D eigenvalue weighted by atomic mass is 19.4. The van der Waals surface area contributed by atoms with Crippen LogP contribution in [0.5, 0.6) is 0 Å². The Labute approximate surface area is 100 Å². The first-order valence-corrected chi connectivity index (χ1v) is 4.93. The molecule has 1 amide bonds. The Hall–Kier alpha value is -2.05. The van der Waals surface area contributed by atoms with E-state index in [0.29, 0.717) is 0 Å². The van der Waals surface area contributed by atoms with Gasteiger partial charge in [0.05, 0.1) is 6.04 Å². The predicted molar refractivity (Wildman–Crippen MR) is 53.0 cm³/mol. The van der Waals surface area contributed by atoms with E-state index in [-0.39, 0.29) is 5.56 Å². The van der Waals surface area contributed by atoms with E-state index in [1.165, 1.54) is 24.3 Å². The minimum Gasteiger partial charge on any atom is -0.550 e. The zero-order valence-electron chi connectivity index (χ0n) is 9.03. The van der Waals surface area contributed by atoms with Crippen LogP contribution in [0, 0.1) is 0 Å². The number of carboxylic acids is 1. The number of alkyl halides is 3. The number of hydrogen-bond donors (Lipinski definition) is 1. The van der Waals surface area contributed by atoms with Gasteiger partial charge in [0.1, 0.15) is 0 Å². The third kappa shape index (κ3) is 4.08. The number of carbonyl (C=O) groups is 2. The minimum absolute atomic E-state index is 0.263. The van der Waals surface area contributed by atoms with E-state index in [1.54, 1.807) is 11.4 Å². The van der Waals surface area contributed by atoms with Gasteiger partial charge in [-0.2, -0.15) is 13.2 Å². The molecule has 1 N–H and O–H groups in total. The van der Waals surface area contributed by atoms with E-state index in [1.807, 2.05) is 0 Å². The summed E-state index contributed by atoms with van der Waals surface area (Å²) in [7, 11) is 0. The van der Waals surface area contributed by atoms with E-state index >= 15 is 0 Å². The summed E-state index contributed by atoms with van der Waals surface area (Å²) in [6, 6.07) is 6.24. The van der Waals surface area contributed by atoms with Gasteiger partial charge >= 0.3 is 12.1 Å². The van der Waals surface area contributed by atoms with Crippen LogP contribution in [0.25, 0.3) is 0 Å². The average molecular weight is 260 g/mol. The van der Waals surface area contributed by atoms with Crippen molar-refractivity contribution in [3.8, 4) is 0 Å². The number of hydrogen-bond acceptors (Lipinski definition) is 3. The quantitative estimate of drug-likeness (QED) is 0.859. The molecule has 0 unspecified atom stereocenters. The largest absolute Gasteiger partial charge is 0.550 e. The summed E-state index contributed by atoms with van der Waals surface area (Å²) in [6.45, 7) is 0. The molecular formula is C11H9F3NO3-. The summed E-state index contributed by atoms with van der Waals surface area (Å²) in [4.78, 5) is 21.3. The average Bonchev–Trinajstić information content (AvgIpc) is 2.27. The van der Waals surface area contributed by atoms with Crippen molar-refractivity contribution in [3.05, 3.63) is 35.9 Å². The number of nitrogens with one attached hydrogen (secondary N) is 1. The van der Waals surface area contributed by atoms with Gasteiger partial charge in [-0.1, -0.05) is 30.3 Å². The monoisotopic (exact) mass is 260 g/mol. The first-order chi connectivity index (χ1) is 8.30. The normalized spacial score (nSPS) is 12.8. The van der Waals surface area contributed by atoms with Crippen molar-refractivity contribution >= 4 is 11.9 Å². The number of aliphatic carboxylic acids is 1. The molecule has 18 heavy (non-hydrogen) atoms. The fourth-order valence-electron chi connectivity index (χ4n) is 1.34. The van der Waals surface area contributed by atoms with Crippen LogP contribution in [0.4, 0.5) is 13.2 Å². The summed E-state index contributed by atoms with van der Waals surface area (Å²) in [5.74, 6) is -3.73. The maximum absolute atomic E-state index is 12.1. The van der Waals surface area contributed by atoms with Crippen LogP contribution >= 0.6 is 0 Å². The maximum Gasteiger partial charge on any atom is 0.471 e. The maximum atomic E-state index is 12.1. The lowest BCUT2D eigenvalue weighted by Gasteiger charge is -2.20. The molecule has 1 aromatic rings. The van der Waals surface area contributed by atoms with E-state index in [4.69, 9.17) is 0 Å². The SMILES string of the molecule is O=C([O-])C[C@@H](NC(=O)C(F)(F)F)c1ccccc1. The molecule has 0 aromatic heterocycles. The van der Waals surface area contributed by atoms with Gasteiger partial charge in [0.15, 0.2) is 0 Å². The Kier molecular flexibility index (Phi) is 4.30. The number of halogens is 3. The molecule has 0 saturated carbocycles. The van der Waals surface area contributed by atoms with E-state index < -0.39 is 30.5 Å². The highest BCUT2D eigenvalue weighted by Crippen LogP contribution is 2.20. The van der Waals surface area contributed by atoms with Crippen LogP contribution < -0.4 is 10.4 Å². The van der Waals surface area contributed by atoms with E-state index in [9.17, 15) is 27.9 Å². The van der Waals surface area contributed by atoms with Gasteiger partial charge in [0, 0.05) is 12.4 Å². The van der Waals surface area contributed by atoms with Gasteiger partial charge in [-0.05, 0) is 5.56 Å². The molecular weight excluding hydrogens is 251 g/mol. The molecule has 4 nitrogen and oxygen atoms in total. The Morgan fingerprint density at radius 2 is 1.78 bits per heavy atom. The van der Waals surface area contributed by atoms with E-state index in [2.05, 4.69) is 0 Å². The molecule has 0 radical (unpaired) electrons. The van der Waals surface area contributed by atoms with Crippen LogP contribution in [-0.4, -0.2) is 18.1 Å². The van der Waals surface area contributed by atoms with Gasteiger partial charge in [-0.3, -0.25) is 4.79 Å². The number of rotatable bonds is 4. The zero-order chi connectivity index (χ0) is 13.8. The lowest BCUT2D eigenvalue weighted by Crippen LogP contribution is -2.41. The lowest BCUT2D eigenvalue weighted by atomic mass is 10.0. The molecule has 0 fully saturated rings. The van der Waals surface area contributed by atoms with Gasteiger partial charge in [-0.25, -0.2) is 0 Å². The van der Waals surface area contributed by atoms with Crippen molar-refractivity contribution in [3.63, 3.8) is 0 Å². The fraction of sp³-hybridized carbons (Fsp3) is 0.273. The second kappa shape index (κ2) is 5.52. The number of carboxylic acid groups (broad SMARTS) is 1. The number of benzene rings is 1. The topological polar surface area (TPSA) is 69.2 Å². The molecule has 1 rings (SSSR count). The smallest absolute Gasteiger partial charge is 0.471 e. The predicted octanol–water partition coefficient (Wildman–Crippen LogP) is 0.546. The summed E-state index contributed by atoms with van der Waals surface area (Å²) in [6.07, 6.45) is -5.79. The van der Waals surface area contributed by atoms with Crippen LogP contribution in [0.1, 0.15) is 18.0 Å². The van der Waals surface area contributed by atoms with Crippen LogP contribution in [0.3, 0.4) is 0 Å². The number of amides is 1. The van der Waals surface area contributed by atoms with Gasteiger partial charge < -0.3 is 15.2 Å². The summed E-state index contributed by atoms with van der Waals surface area (Å²) in [5.41, 5.74) is 0.263. The van der Waals surface area contributed by atoms with Crippen molar-refractivity contribution in [2.45, 2.75) is 18.6 Å². The molecule has 0 bridgehead atoms. The van der Waals surface area contributed by atoms with E-state index in [0.717, 1.165) is 0 Å². The van der Waals surface area contributed by atoms with Gasteiger partial charge in [0.2, 0.25) is 0 Å². The van der Waals surface area contributed by atoms with Crippen molar-refractivity contribution in [1.29, 1.82) is 0 Å². The number of carbonyl (C=O) groups excluding carboxylic acids is 2. The van der Waals surface area contributed by atoms with Crippen molar-refractivity contribution < 1.29 is 27.9 Å². The van der Waals surface area contributed by atoms with Crippen molar-refractivity contribution in [1.82, 2.24) is 5.32 Å². The molecule has 0 aliphatic rings.